The first-order chi connectivity index (χ1) is 8.66. The third kappa shape index (κ3) is 2.85. The van der Waals surface area contributed by atoms with Gasteiger partial charge in [0, 0.05) is 17.4 Å². The summed E-state index contributed by atoms with van der Waals surface area (Å²) in [6.07, 6.45) is 1.70. The number of anilines is 1. The third-order valence-corrected chi connectivity index (χ3v) is 2.66. The molecule has 3 N–H and O–H groups in total. The van der Waals surface area contributed by atoms with Gasteiger partial charge in [0.1, 0.15) is 0 Å². The standard InChI is InChI=1S/C14H15N3O/c1-10-5-6-11(15)8-13(10)14(18)17-9-12-4-2-3-7-16-12/h2-8H,9,15H2,1H3,(H,17,18). The number of aromatic nitrogens is 1. The quantitative estimate of drug-likeness (QED) is 0.806. The number of hydrogen-bond acceptors (Lipinski definition) is 3. The number of rotatable bonds is 3. The molecule has 0 saturated carbocycles. The van der Waals surface area contributed by atoms with Crippen LogP contribution < -0.4 is 11.1 Å². The van der Waals surface area contributed by atoms with Gasteiger partial charge in [0.25, 0.3) is 5.91 Å². The molecule has 0 unspecified atom stereocenters. The van der Waals surface area contributed by atoms with Crippen LogP contribution in [0.15, 0.2) is 42.6 Å². The van der Waals surface area contributed by atoms with Crippen LogP contribution in [0.3, 0.4) is 0 Å². The summed E-state index contributed by atoms with van der Waals surface area (Å²) in [5, 5.41) is 2.83. The SMILES string of the molecule is Cc1ccc(N)cc1C(=O)NCc1ccccn1. The summed E-state index contributed by atoms with van der Waals surface area (Å²) in [5.41, 5.74) is 8.60. The van der Waals surface area contributed by atoms with E-state index in [1.807, 2.05) is 31.2 Å². The average molecular weight is 241 g/mol. The molecular formula is C14H15N3O. The second-order valence-electron chi connectivity index (χ2n) is 4.08. The fraction of sp³-hybridized carbons (Fsp3) is 0.143. The van der Waals surface area contributed by atoms with Crippen LogP contribution in [0.4, 0.5) is 5.69 Å². The van der Waals surface area contributed by atoms with Gasteiger partial charge in [-0.05, 0) is 36.8 Å². The summed E-state index contributed by atoms with van der Waals surface area (Å²) in [5.74, 6) is -0.134. The van der Waals surface area contributed by atoms with E-state index in [1.54, 1.807) is 18.3 Å². The Balaban J connectivity index is 2.06. The topological polar surface area (TPSA) is 68.0 Å². The van der Waals surface area contributed by atoms with Crippen LogP contribution in [0, 0.1) is 6.92 Å². The van der Waals surface area contributed by atoms with E-state index in [2.05, 4.69) is 10.3 Å². The molecule has 0 aliphatic rings. The third-order valence-electron chi connectivity index (χ3n) is 2.66. The van der Waals surface area contributed by atoms with E-state index in [9.17, 15) is 4.79 Å². The molecule has 92 valence electrons. The molecule has 1 aromatic carbocycles. The Morgan fingerprint density at radius 2 is 2.17 bits per heavy atom. The minimum absolute atomic E-state index is 0.134. The molecule has 4 nitrogen and oxygen atoms in total. The smallest absolute Gasteiger partial charge is 0.251 e. The Bertz CT molecular complexity index is 552. The highest BCUT2D eigenvalue weighted by molar-refractivity contribution is 5.96. The summed E-state index contributed by atoms with van der Waals surface area (Å²) in [7, 11) is 0. The Morgan fingerprint density at radius 1 is 1.33 bits per heavy atom. The lowest BCUT2D eigenvalue weighted by atomic mass is 10.1. The number of nitrogens with zero attached hydrogens (tertiary/aromatic N) is 1. The van der Waals surface area contributed by atoms with Gasteiger partial charge in [-0.2, -0.15) is 0 Å². The summed E-state index contributed by atoms with van der Waals surface area (Å²) >= 11 is 0. The van der Waals surface area contributed by atoms with E-state index in [0.29, 0.717) is 17.8 Å². The lowest BCUT2D eigenvalue weighted by Crippen LogP contribution is -2.24. The largest absolute Gasteiger partial charge is 0.399 e. The highest BCUT2D eigenvalue weighted by Crippen LogP contribution is 2.12. The van der Waals surface area contributed by atoms with Gasteiger partial charge in [-0.3, -0.25) is 9.78 Å². The van der Waals surface area contributed by atoms with Gasteiger partial charge >= 0.3 is 0 Å². The minimum Gasteiger partial charge on any atom is -0.399 e. The van der Waals surface area contributed by atoms with Gasteiger partial charge in [0.2, 0.25) is 0 Å². The van der Waals surface area contributed by atoms with Gasteiger partial charge in [0.15, 0.2) is 0 Å². The van der Waals surface area contributed by atoms with Gasteiger partial charge in [-0.15, -0.1) is 0 Å². The van der Waals surface area contributed by atoms with Crippen molar-refractivity contribution in [3.63, 3.8) is 0 Å². The van der Waals surface area contributed by atoms with Gasteiger partial charge in [-0.1, -0.05) is 12.1 Å². The molecule has 0 fully saturated rings. The summed E-state index contributed by atoms with van der Waals surface area (Å²) in [6.45, 7) is 2.29. The average Bonchev–Trinajstić information content (AvgIpc) is 2.40. The number of nitrogens with two attached hydrogens (primary N) is 1. The first-order valence-electron chi connectivity index (χ1n) is 5.71. The lowest BCUT2D eigenvalue weighted by molar-refractivity contribution is 0.0950. The first-order valence-corrected chi connectivity index (χ1v) is 5.71. The van der Waals surface area contributed by atoms with Crippen molar-refractivity contribution in [1.82, 2.24) is 10.3 Å². The molecule has 0 saturated heterocycles. The molecule has 1 aromatic heterocycles. The number of aryl methyl sites for hydroxylation is 1. The molecular weight excluding hydrogens is 226 g/mol. The molecule has 2 rings (SSSR count). The summed E-state index contributed by atoms with van der Waals surface area (Å²) in [6, 6.07) is 10.9. The molecule has 1 heterocycles. The number of nitrogens with one attached hydrogen (secondary N) is 1. The first kappa shape index (κ1) is 12.1. The molecule has 4 heteroatoms. The maximum Gasteiger partial charge on any atom is 0.251 e. The van der Waals surface area contributed by atoms with Crippen molar-refractivity contribution >= 4 is 11.6 Å². The maximum atomic E-state index is 12.0. The van der Waals surface area contributed by atoms with Crippen LogP contribution in [0.25, 0.3) is 0 Å². The zero-order valence-electron chi connectivity index (χ0n) is 10.2. The van der Waals surface area contributed by atoms with E-state index in [4.69, 9.17) is 5.73 Å². The van der Waals surface area contributed by atoms with E-state index in [0.717, 1.165) is 11.3 Å². The monoisotopic (exact) mass is 241 g/mol. The molecule has 0 atom stereocenters. The normalized spacial score (nSPS) is 10.1. The Hall–Kier alpha value is -2.36. The number of nitrogen functional groups attached to an aromatic ring is 1. The zero-order chi connectivity index (χ0) is 13.0. The number of benzene rings is 1. The van der Waals surface area contributed by atoms with Crippen molar-refractivity contribution in [3.8, 4) is 0 Å². The van der Waals surface area contributed by atoms with Gasteiger partial charge < -0.3 is 11.1 Å². The van der Waals surface area contributed by atoms with Crippen molar-refractivity contribution in [3.05, 3.63) is 59.4 Å². The second-order valence-corrected chi connectivity index (χ2v) is 4.08. The molecule has 0 aliphatic heterocycles. The predicted molar refractivity (Wildman–Crippen MR) is 71.0 cm³/mol. The van der Waals surface area contributed by atoms with Gasteiger partial charge in [0.05, 0.1) is 12.2 Å². The summed E-state index contributed by atoms with van der Waals surface area (Å²) in [4.78, 5) is 16.1. The molecule has 0 spiro atoms. The van der Waals surface area contributed by atoms with Crippen LogP contribution in [-0.2, 0) is 6.54 Å². The van der Waals surface area contributed by atoms with Crippen LogP contribution in [-0.4, -0.2) is 10.9 Å². The van der Waals surface area contributed by atoms with Crippen LogP contribution in [0.5, 0.6) is 0 Å². The predicted octanol–water partition coefficient (Wildman–Crippen LogP) is 1.90. The number of amides is 1. The van der Waals surface area contributed by atoms with Crippen molar-refractivity contribution in [1.29, 1.82) is 0 Å². The molecule has 0 bridgehead atoms. The lowest BCUT2D eigenvalue weighted by Gasteiger charge is -2.08. The van der Waals surface area contributed by atoms with E-state index in [-0.39, 0.29) is 5.91 Å². The minimum atomic E-state index is -0.134. The highest BCUT2D eigenvalue weighted by Gasteiger charge is 2.08. The number of hydrogen-bond donors (Lipinski definition) is 2. The molecule has 18 heavy (non-hydrogen) atoms. The van der Waals surface area contributed by atoms with E-state index >= 15 is 0 Å². The molecule has 0 radical (unpaired) electrons. The van der Waals surface area contributed by atoms with Gasteiger partial charge in [-0.25, -0.2) is 0 Å². The van der Waals surface area contributed by atoms with Crippen molar-refractivity contribution in [2.75, 3.05) is 5.73 Å². The number of pyridine rings is 1. The van der Waals surface area contributed by atoms with Crippen molar-refractivity contribution in [2.45, 2.75) is 13.5 Å². The number of carbonyl (C=O) groups is 1. The number of carbonyl (C=O) groups excluding carboxylic acids is 1. The molecule has 1 amide bonds. The zero-order valence-corrected chi connectivity index (χ0v) is 10.2. The maximum absolute atomic E-state index is 12.0. The van der Waals surface area contributed by atoms with E-state index in [1.165, 1.54) is 0 Å². The van der Waals surface area contributed by atoms with Crippen LogP contribution >= 0.6 is 0 Å². The molecule has 0 aliphatic carbocycles. The fourth-order valence-corrected chi connectivity index (χ4v) is 1.65. The highest BCUT2D eigenvalue weighted by atomic mass is 16.1. The Labute approximate surface area is 106 Å². The van der Waals surface area contributed by atoms with E-state index < -0.39 is 0 Å². The van der Waals surface area contributed by atoms with Crippen LogP contribution in [0.2, 0.25) is 0 Å². The Morgan fingerprint density at radius 3 is 2.89 bits per heavy atom. The van der Waals surface area contributed by atoms with Crippen molar-refractivity contribution in [2.24, 2.45) is 0 Å². The second kappa shape index (κ2) is 5.31. The Kier molecular flexibility index (Phi) is 3.57. The molecule has 2 aromatic rings. The summed E-state index contributed by atoms with van der Waals surface area (Å²) < 4.78 is 0. The van der Waals surface area contributed by atoms with Crippen molar-refractivity contribution < 1.29 is 4.79 Å². The fourth-order valence-electron chi connectivity index (χ4n) is 1.65. The van der Waals surface area contributed by atoms with Crippen LogP contribution in [0.1, 0.15) is 21.6 Å².